The van der Waals surface area contributed by atoms with Gasteiger partial charge in [-0.25, -0.2) is 0 Å². The molecular weight excluding hydrogens is 376 g/mol. The molecule has 2 amide bonds. The Kier molecular flexibility index (Phi) is 7.48. The van der Waals surface area contributed by atoms with Crippen molar-refractivity contribution in [2.45, 2.75) is 51.6 Å². The van der Waals surface area contributed by atoms with Crippen LogP contribution in [-0.2, 0) is 25.6 Å². The molecule has 1 spiro atoms. The molecule has 1 saturated heterocycles. The van der Waals surface area contributed by atoms with E-state index in [1.54, 1.807) is 25.4 Å². The summed E-state index contributed by atoms with van der Waals surface area (Å²) in [5.41, 5.74) is 1.43. The summed E-state index contributed by atoms with van der Waals surface area (Å²) in [4.78, 5) is 28.6. The van der Waals surface area contributed by atoms with Crippen molar-refractivity contribution < 1.29 is 19.1 Å². The van der Waals surface area contributed by atoms with Gasteiger partial charge in [-0.15, -0.1) is 0 Å². The van der Waals surface area contributed by atoms with Gasteiger partial charge in [0.05, 0.1) is 13.0 Å². The van der Waals surface area contributed by atoms with E-state index in [2.05, 4.69) is 16.8 Å². The van der Waals surface area contributed by atoms with Crippen molar-refractivity contribution in [2.24, 2.45) is 5.41 Å². The summed E-state index contributed by atoms with van der Waals surface area (Å²) in [6.07, 6.45) is 4.36. The number of carbonyl (C=O) groups excluding carboxylic acids is 2. The maximum Gasteiger partial charge on any atom is 0.224 e. The van der Waals surface area contributed by atoms with E-state index in [0.717, 1.165) is 38.8 Å². The minimum absolute atomic E-state index is 0.150. The van der Waals surface area contributed by atoms with Crippen LogP contribution in [0.3, 0.4) is 0 Å². The van der Waals surface area contributed by atoms with E-state index >= 15 is 0 Å². The van der Waals surface area contributed by atoms with Gasteiger partial charge >= 0.3 is 0 Å². The third-order valence-electron chi connectivity index (χ3n) is 6.07. The Labute approximate surface area is 171 Å². The highest BCUT2D eigenvalue weighted by molar-refractivity contribution is 7.07. The van der Waals surface area contributed by atoms with Gasteiger partial charge in [0.15, 0.2) is 0 Å². The summed E-state index contributed by atoms with van der Waals surface area (Å²) in [6.45, 7) is 5.76. The summed E-state index contributed by atoms with van der Waals surface area (Å²) in [6, 6.07) is 2.42. The van der Waals surface area contributed by atoms with E-state index in [0.29, 0.717) is 38.8 Å². The first-order valence-corrected chi connectivity index (χ1v) is 11.1. The largest absolute Gasteiger partial charge is 0.385 e. The first-order valence-electron chi connectivity index (χ1n) is 10.2. The number of hydrogen-bond donors (Lipinski definition) is 0. The number of carbonyl (C=O) groups is 2. The van der Waals surface area contributed by atoms with Crippen molar-refractivity contribution in [1.82, 2.24) is 9.80 Å². The fourth-order valence-corrected chi connectivity index (χ4v) is 4.91. The van der Waals surface area contributed by atoms with Crippen molar-refractivity contribution in [3.05, 3.63) is 22.4 Å². The lowest BCUT2D eigenvalue weighted by molar-refractivity contribution is -0.135. The zero-order valence-electron chi connectivity index (χ0n) is 17.0. The number of likely N-dealkylation sites (tertiary alicyclic amines) is 1. The second-order valence-electron chi connectivity index (χ2n) is 7.95. The molecule has 1 aromatic rings. The van der Waals surface area contributed by atoms with Crippen LogP contribution in [0.5, 0.6) is 0 Å². The summed E-state index contributed by atoms with van der Waals surface area (Å²) in [5, 5.41) is 4.17. The molecule has 0 bridgehead atoms. The smallest absolute Gasteiger partial charge is 0.224 e. The summed E-state index contributed by atoms with van der Waals surface area (Å²) in [7, 11) is 1.68. The molecule has 0 N–H and O–H groups in total. The van der Waals surface area contributed by atoms with Crippen LogP contribution in [0.2, 0.25) is 0 Å². The van der Waals surface area contributed by atoms with Crippen LogP contribution in [0.25, 0.3) is 0 Å². The van der Waals surface area contributed by atoms with Gasteiger partial charge in [-0.05, 0) is 53.5 Å². The average molecular weight is 409 g/mol. The molecule has 2 fully saturated rings. The Morgan fingerprint density at radius 3 is 2.71 bits per heavy atom. The summed E-state index contributed by atoms with van der Waals surface area (Å²) < 4.78 is 10.5. The van der Waals surface area contributed by atoms with Gasteiger partial charge in [0.1, 0.15) is 0 Å². The number of rotatable bonds is 10. The highest BCUT2D eigenvalue weighted by Crippen LogP contribution is 2.57. The summed E-state index contributed by atoms with van der Waals surface area (Å²) in [5.74, 6) is 0.331. The zero-order chi connectivity index (χ0) is 20.0. The molecule has 1 unspecified atom stereocenters. The highest BCUT2D eigenvalue weighted by atomic mass is 32.1. The van der Waals surface area contributed by atoms with Crippen LogP contribution in [0.1, 0.15) is 44.6 Å². The molecular formula is C21H32N2O4S. The van der Waals surface area contributed by atoms with Crippen LogP contribution in [-0.4, -0.2) is 67.7 Å². The maximum atomic E-state index is 12.4. The molecule has 0 aromatic carbocycles. The van der Waals surface area contributed by atoms with Crippen LogP contribution in [0.15, 0.2) is 16.8 Å². The zero-order valence-corrected chi connectivity index (χ0v) is 17.8. The van der Waals surface area contributed by atoms with Gasteiger partial charge < -0.3 is 19.3 Å². The molecule has 7 heteroatoms. The molecule has 1 aliphatic carbocycles. The number of hydrogen-bond acceptors (Lipinski definition) is 5. The maximum absolute atomic E-state index is 12.4. The van der Waals surface area contributed by atoms with E-state index in [1.807, 2.05) is 9.80 Å². The van der Waals surface area contributed by atoms with Crippen LogP contribution in [0.4, 0.5) is 0 Å². The molecule has 1 aliphatic heterocycles. The molecule has 1 atom stereocenters. The van der Waals surface area contributed by atoms with Crippen LogP contribution in [0, 0.1) is 5.41 Å². The van der Waals surface area contributed by atoms with Gasteiger partial charge in [-0.3, -0.25) is 9.59 Å². The molecule has 6 nitrogen and oxygen atoms in total. The predicted octanol–water partition coefficient (Wildman–Crippen LogP) is 2.92. The quantitative estimate of drug-likeness (QED) is 0.559. The lowest BCUT2D eigenvalue weighted by Gasteiger charge is -2.34. The second-order valence-corrected chi connectivity index (χ2v) is 8.73. The highest BCUT2D eigenvalue weighted by Gasteiger charge is 2.58. The molecule has 2 aliphatic rings. The number of nitrogens with zero attached hydrogens (tertiary/aromatic N) is 2. The molecule has 0 radical (unpaired) electrons. The molecule has 3 rings (SSSR count). The molecule has 2 heterocycles. The monoisotopic (exact) mass is 408 g/mol. The van der Waals surface area contributed by atoms with E-state index in [9.17, 15) is 9.59 Å². The Morgan fingerprint density at radius 1 is 1.29 bits per heavy atom. The van der Waals surface area contributed by atoms with Crippen molar-refractivity contribution in [1.29, 1.82) is 0 Å². The van der Waals surface area contributed by atoms with Crippen molar-refractivity contribution >= 4 is 23.2 Å². The molecule has 156 valence electrons. The Bertz CT molecular complexity index is 641. The minimum Gasteiger partial charge on any atom is -0.385 e. The van der Waals surface area contributed by atoms with E-state index < -0.39 is 0 Å². The van der Waals surface area contributed by atoms with Crippen molar-refractivity contribution in [3.8, 4) is 0 Å². The fourth-order valence-electron chi connectivity index (χ4n) is 4.25. The van der Waals surface area contributed by atoms with Gasteiger partial charge in [0.25, 0.3) is 0 Å². The van der Waals surface area contributed by atoms with E-state index in [4.69, 9.17) is 9.47 Å². The SMILES string of the molecule is COCCCOCCC(=O)N1CCC2(CC1)CC2N(Cc1ccsc1)C(C)=O. The minimum atomic E-state index is 0.150. The first kappa shape index (κ1) is 21.3. The van der Waals surface area contributed by atoms with Crippen LogP contribution < -0.4 is 0 Å². The van der Waals surface area contributed by atoms with E-state index in [-0.39, 0.29) is 17.2 Å². The normalized spacial score (nSPS) is 20.4. The van der Waals surface area contributed by atoms with Gasteiger partial charge in [-0.1, -0.05) is 0 Å². The van der Waals surface area contributed by atoms with Crippen molar-refractivity contribution in [3.63, 3.8) is 0 Å². The van der Waals surface area contributed by atoms with E-state index in [1.165, 1.54) is 5.56 Å². The Balaban J connectivity index is 1.41. The lowest BCUT2D eigenvalue weighted by Crippen LogP contribution is -2.42. The number of thiophene rings is 1. The fraction of sp³-hybridized carbons (Fsp3) is 0.714. The first-order chi connectivity index (χ1) is 13.6. The second kappa shape index (κ2) is 9.85. The molecule has 1 saturated carbocycles. The molecule has 28 heavy (non-hydrogen) atoms. The number of ether oxygens (including phenoxy) is 2. The van der Waals surface area contributed by atoms with Gasteiger partial charge in [-0.2, -0.15) is 11.3 Å². The van der Waals surface area contributed by atoms with Crippen molar-refractivity contribution in [2.75, 3.05) is 40.0 Å². The molecule has 1 aromatic heterocycles. The van der Waals surface area contributed by atoms with Gasteiger partial charge in [0, 0.05) is 52.9 Å². The third kappa shape index (κ3) is 5.33. The Hall–Kier alpha value is -1.44. The van der Waals surface area contributed by atoms with Gasteiger partial charge in [0.2, 0.25) is 11.8 Å². The standard InChI is InChI=1S/C21H32N2O4S/c1-17(24)23(15-18-5-13-28-16-18)19-14-21(19)6-8-22(9-7-21)20(25)4-12-27-11-3-10-26-2/h5,13,16,19H,3-4,6-12,14-15H2,1-2H3. The predicted molar refractivity (Wildman–Crippen MR) is 109 cm³/mol. The average Bonchev–Trinajstić information content (AvgIpc) is 3.12. The third-order valence-corrected chi connectivity index (χ3v) is 6.80. The number of methoxy groups -OCH3 is 1. The number of amides is 2. The Morgan fingerprint density at radius 2 is 2.07 bits per heavy atom. The lowest BCUT2D eigenvalue weighted by atomic mass is 9.92. The topological polar surface area (TPSA) is 59.1 Å². The number of piperidine rings is 1. The summed E-state index contributed by atoms with van der Waals surface area (Å²) >= 11 is 1.67. The van der Waals surface area contributed by atoms with Crippen LogP contribution >= 0.6 is 11.3 Å².